The second kappa shape index (κ2) is 16.8. The molecule has 0 saturated carbocycles. The maximum absolute atomic E-state index is 11.8. The molecule has 6 rings (SSSR count). The van der Waals surface area contributed by atoms with Crippen molar-refractivity contribution in [2.75, 3.05) is 6.61 Å². The summed E-state index contributed by atoms with van der Waals surface area (Å²) >= 11 is 11.9. The number of fused-ring (bicyclic) bond motifs is 2. The fourth-order valence-electron chi connectivity index (χ4n) is 4.39. The molecule has 0 aliphatic carbocycles. The topological polar surface area (TPSA) is 219 Å². The molecular weight excluding hydrogens is 674 g/mol. The maximum atomic E-state index is 11.8. The Morgan fingerprint density at radius 2 is 1.27 bits per heavy atom. The van der Waals surface area contributed by atoms with Gasteiger partial charge in [-0.05, 0) is 54.4 Å². The quantitative estimate of drug-likeness (QED) is 0.187. The van der Waals surface area contributed by atoms with E-state index in [4.69, 9.17) is 52.4 Å². The van der Waals surface area contributed by atoms with Crippen molar-refractivity contribution in [2.45, 2.75) is 19.8 Å². The number of ether oxygens (including phenoxy) is 1. The van der Waals surface area contributed by atoms with E-state index in [1.54, 1.807) is 31.5 Å². The predicted octanol–water partition coefficient (Wildman–Crippen LogP) is 3.38. The predicted molar refractivity (Wildman–Crippen MR) is 166 cm³/mol. The third-order valence-electron chi connectivity index (χ3n) is 6.35. The first-order valence-electron chi connectivity index (χ1n) is 13.5. The Morgan fingerprint density at radius 3 is 1.69 bits per heavy atom. The number of nitriles is 2. The van der Waals surface area contributed by atoms with Gasteiger partial charge in [0.2, 0.25) is 23.3 Å². The Bertz CT molecular complexity index is 2210. The molecule has 0 radical (unpaired) electrons. The molecule has 0 atom stereocenters. The van der Waals surface area contributed by atoms with Crippen LogP contribution in [0.5, 0.6) is 0 Å². The number of carboxylic acids is 1. The molecule has 0 unspecified atom stereocenters. The number of hydrogen-bond donors (Lipinski definition) is 1. The maximum Gasteiger partial charge on any atom is 1.00 e. The first kappa shape index (κ1) is 37.6. The summed E-state index contributed by atoms with van der Waals surface area (Å²) in [5.41, 5.74) is 3.05. The summed E-state index contributed by atoms with van der Waals surface area (Å²) in [5, 5.41) is 29.7. The normalized spacial score (nSPS) is 10.1. The van der Waals surface area contributed by atoms with E-state index in [9.17, 15) is 9.59 Å². The minimum Gasteiger partial charge on any atom is -0.870 e. The number of oxazole rings is 2. The van der Waals surface area contributed by atoms with Crippen molar-refractivity contribution >= 4 is 56.9 Å². The van der Waals surface area contributed by atoms with Gasteiger partial charge < -0.3 is 24.2 Å². The number of hydrogen-bond acceptors (Lipinski definition) is 12. The van der Waals surface area contributed by atoms with Gasteiger partial charge in [0.25, 0.3) is 0 Å². The second-order valence-electron chi connectivity index (χ2n) is 9.53. The number of nitrogens with zero attached hydrogens (tertiary/aromatic N) is 6. The Hall–Kier alpha value is -4.86. The van der Waals surface area contributed by atoms with Gasteiger partial charge in [0.05, 0.1) is 27.7 Å². The van der Waals surface area contributed by atoms with Crippen LogP contribution in [0, 0.1) is 22.7 Å². The van der Waals surface area contributed by atoms with E-state index in [1.807, 2.05) is 48.5 Å². The molecule has 48 heavy (non-hydrogen) atoms. The monoisotopic (exact) mass is 694 g/mol. The fraction of sp³-hybridized carbons (Fsp3) is 0.125. The van der Waals surface area contributed by atoms with Gasteiger partial charge in [-0.25, -0.2) is 19.6 Å². The number of rotatable bonds is 7. The summed E-state index contributed by atoms with van der Waals surface area (Å²) in [6, 6.07) is 18.3. The summed E-state index contributed by atoms with van der Waals surface area (Å²) in [5.74, 6) is -2.18. The zero-order valence-electron chi connectivity index (χ0n) is 25.3. The van der Waals surface area contributed by atoms with Gasteiger partial charge in [-0.15, -0.1) is 0 Å². The van der Waals surface area contributed by atoms with E-state index in [1.165, 1.54) is 0 Å². The third kappa shape index (κ3) is 8.93. The summed E-state index contributed by atoms with van der Waals surface area (Å²) in [6.07, 6.45) is 3.75. The van der Waals surface area contributed by atoms with E-state index < -0.39 is 17.7 Å². The standard InChI is InChI=1S/C17H12ClN3O3.C15H8ClN3O3.Na.H2O/c1-2-23-17(22)16-14(8-19)21-15(24-16)6-10-3-4-13-11(5-10)7-12(18)9-20-13;16-10-5-9-3-8(1-2-11(9)18-7-10)4-13-19-12(6-17)14(22-13)15(20)21;;/h3-5,7,9H,2,6H2,1H3;1-3,5,7H,4H2,(H,20,21);;1H2/q;;+1;/p-1. The van der Waals surface area contributed by atoms with Crippen LogP contribution in [0.3, 0.4) is 0 Å². The number of carboxylic acid groups (broad SMARTS) is 1. The first-order valence-corrected chi connectivity index (χ1v) is 14.2. The van der Waals surface area contributed by atoms with E-state index >= 15 is 0 Å². The molecule has 2 N–H and O–H groups in total. The first-order chi connectivity index (χ1) is 22.2. The van der Waals surface area contributed by atoms with E-state index in [2.05, 4.69) is 19.9 Å². The number of benzene rings is 2. The van der Waals surface area contributed by atoms with Crippen molar-refractivity contribution in [1.29, 1.82) is 10.5 Å². The zero-order chi connectivity index (χ0) is 32.8. The van der Waals surface area contributed by atoms with Crippen LogP contribution in [0.1, 0.15) is 62.3 Å². The number of esters is 1. The van der Waals surface area contributed by atoms with Crippen LogP contribution >= 0.6 is 23.2 Å². The van der Waals surface area contributed by atoms with Crippen molar-refractivity contribution in [3.8, 4) is 12.1 Å². The number of carbonyl (C=O) groups is 2. The van der Waals surface area contributed by atoms with Crippen LogP contribution in [0.2, 0.25) is 10.0 Å². The molecule has 4 heterocycles. The van der Waals surface area contributed by atoms with Crippen LogP contribution < -0.4 is 29.6 Å². The third-order valence-corrected chi connectivity index (χ3v) is 6.76. The van der Waals surface area contributed by atoms with Gasteiger partial charge in [-0.2, -0.15) is 10.5 Å². The molecule has 6 aromatic rings. The van der Waals surface area contributed by atoms with Crippen LogP contribution in [0.4, 0.5) is 0 Å². The van der Waals surface area contributed by atoms with Crippen LogP contribution in [-0.2, 0) is 17.6 Å². The SMILES string of the molecule is CCOC(=O)c1oc(Cc2ccc3ncc(Cl)cc3c2)nc1C#N.N#Cc1nc(Cc2ccc3ncc(Cl)cc3c2)oc1C(=O)O.[Na+].[OH-]. The van der Waals surface area contributed by atoms with Crippen molar-refractivity contribution in [3.63, 3.8) is 0 Å². The molecule has 0 fully saturated rings. The number of aromatic nitrogens is 4. The van der Waals surface area contributed by atoms with Crippen molar-refractivity contribution < 1.29 is 63.3 Å². The number of carbonyl (C=O) groups excluding carboxylic acids is 1. The molecule has 13 nitrogen and oxygen atoms in total. The van der Waals surface area contributed by atoms with Gasteiger partial charge in [-0.1, -0.05) is 35.3 Å². The van der Waals surface area contributed by atoms with Gasteiger partial charge in [0.15, 0.2) is 11.4 Å². The van der Waals surface area contributed by atoms with E-state index in [0.29, 0.717) is 16.5 Å². The molecule has 2 aromatic carbocycles. The minimum absolute atomic E-state index is 0. The van der Waals surface area contributed by atoms with Gasteiger partial charge in [0.1, 0.15) is 12.1 Å². The van der Waals surface area contributed by atoms with Crippen LogP contribution in [0.15, 0.2) is 69.8 Å². The van der Waals surface area contributed by atoms with Gasteiger partial charge in [-0.3, -0.25) is 9.97 Å². The Balaban J connectivity index is 0.000000251. The largest absolute Gasteiger partial charge is 1.00 e. The molecule has 0 aliphatic heterocycles. The van der Waals surface area contributed by atoms with Crippen molar-refractivity contribution in [1.82, 2.24) is 19.9 Å². The van der Waals surface area contributed by atoms with Crippen molar-refractivity contribution in [3.05, 3.63) is 117 Å². The molecule has 0 aliphatic rings. The van der Waals surface area contributed by atoms with Crippen molar-refractivity contribution in [2.24, 2.45) is 0 Å². The molecule has 0 spiro atoms. The van der Waals surface area contributed by atoms with Gasteiger partial charge in [0, 0.05) is 36.0 Å². The molecule has 16 heteroatoms. The van der Waals surface area contributed by atoms with E-state index in [0.717, 1.165) is 32.9 Å². The summed E-state index contributed by atoms with van der Waals surface area (Å²) < 4.78 is 15.4. The minimum atomic E-state index is -1.32. The molecule has 0 saturated heterocycles. The molecular formula is C32H21Cl2N6NaO7. The Labute approximate surface area is 304 Å². The zero-order valence-corrected chi connectivity index (χ0v) is 28.8. The Morgan fingerprint density at radius 1 is 0.812 bits per heavy atom. The van der Waals surface area contributed by atoms with Crippen LogP contribution in [0.25, 0.3) is 21.8 Å². The number of pyridine rings is 2. The summed E-state index contributed by atoms with van der Waals surface area (Å²) in [7, 11) is 0. The summed E-state index contributed by atoms with van der Waals surface area (Å²) in [4.78, 5) is 39.1. The van der Waals surface area contributed by atoms with E-state index in [-0.39, 0.29) is 77.0 Å². The average molecular weight is 695 g/mol. The van der Waals surface area contributed by atoms with Gasteiger partial charge >= 0.3 is 41.5 Å². The molecule has 4 aromatic heterocycles. The average Bonchev–Trinajstić information content (AvgIpc) is 3.65. The smallest absolute Gasteiger partial charge is 0.870 e. The second-order valence-corrected chi connectivity index (χ2v) is 10.4. The fourth-order valence-corrected chi connectivity index (χ4v) is 4.72. The number of halogens is 2. The van der Waals surface area contributed by atoms with Crippen LogP contribution in [-0.4, -0.2) is 49.1 Å². The molecule has 236 valence electrons. The molecule has 0 bridgehead atoms. The number of aromatic carboxylic acids is 1. The summed E-state index contributed by atoms with van der Waals surface area (Å²) in [6.45, 7) is 1.87. The molecule has 0 amide bonds. The Kier molecular flexibility index (Phi) is 13.2.